The Bertz CT molecular complexity index is 1070. The molecule has 32 heavy (non-hydrogen) atoms. The van der Waals surface area contributed by atoms with Gasteiger partial charge in [-0.2, -0.15) is 0 Å². The summed E-state index contributed by atoms with van der Waals surface area (Å²) in [6, 6.07) is 13.7. The molecule has 2 aliphatic rings. The molecule has 0 amide bonds. The molecular formula is C26H28BrClN2O2. The number of carboxylic acid groups (broad SMARTS) is 1. The van der Waals surface area contributed by atoms with E-state index in [1.165, 1.54) is 16.7 Å². The van der Waals surface area contributed by atoms with Gasteiger partial charge < -0.3 is 10.0 Å². The van der Waals surface area contributed by atoms with Crippen molar-refractivity contribution in [2.45, 2.75) is 20.3 Å². The van der Waals surface area contributed by atoms with Crippen molar-refractivity contribution in [3.8, 4) is 0 Å². The number of carbonyl (C=O) groups is 1. The quantitative estimate of drug-likeness (QED) is 0.503. The number of allylic oxidation sites excluding steroid dienone is 2. The largest absolute Gasteiger partial charge is 0.478 e. The zero-order valence-electron chi connectivity index (χ0n) is 18.4. The van der Waals surface area contributed by atoms with Gasteiger partial charge in [-0.3, -0.25) is 4.90 Å². The number of nitrogens with zero attached hydrogens (tertiary/aromatic N) is 2. The van der Waals surface area contributed by atoms with E-state index in [0.717, 1.165) is 49.9 Å². The first-order valence-electron chi connectivity index (χ1n) is 10.9. The summed E-state index contributed by atoms with van der Waals surface area (Å²) in [4.78, 5) is 16.1. The highest BCUT2D eigenvalue weighted by Gasteiger charge is 2.26. The average Bonchev–Trinajstić information content (AvgIpc) is 2.75. The number of rotatable bonds is 5. The van der Waals surface area contributed by atoms with Crippen LogP contribution in [0.1, 0.15) is 36.2 Å². The van der Waals surface area contributed by atoms with Crippen LogP contribution in [0.2, 0.25) is 5.02 Å². The molecule has 0 saturated carbocycles. The molecule has 1 N–H and O–H groups in total. The normalized spacial score (nSPS) is 18.8. The molecule has 4 nitrogen and oxygen atoms in total. The average molecular weight is 516 g/mol. The maximum absolute atomic E-state index is 11.3. The fourth-order valence-electron chi connectivity index (χ4n) is 4.42. The van der Waals surface area contributed by atoms with Crippen LogP contribution in [-0.2, 0) is 0 Å². The molecule has 0 unspecified atom stereocenters. The van der Waals surface area contributed by atoms with Gasteiger partial charge in [0, 0.05) is 47.9 Å². The minimum atomic E-state index is -0.915. The Kier molecular flexibility index (Phi) is 6.80. The SMILES string of the molecule is CC1(C)C=CC(CN2CCN(c3ccc(C(=O)O)c(Br)c3)CC2)=C(c2ccc(Cl)cc2)C1. The molecule has 1 saturated heterocycles. The number of halogens is 2. The number of hydrogen-bond donors (Lipinski definition) is 1. The van der Waals surface area contributed by atoms with Crippen molar-refractivity contribution in [1.82, 2.24) is 4.90 Å². The molecule has 1 fully saturated rings. The first-order chi connectivity index (χ1) is 15.2. The van der Waals surface area contributed by atoms with Gasteiger partial charge in [-0.1, -0.05) is 49.7 Å². The van der Waals surface area contributed by atoms with Gasteiger partial charge in [0.25, 0.3) is 0 Å². The Labute approximate surface area is 203 Å². The second-order valence-corrected chi connectivity index (χ2v) is 10.5. The zero-order chi connectivity index (χ0) is 22.9. The minimum absolute atomic E-state index is 0.146. The topological polar surface area (TPSA) is 43.8 Å². The van der Waals surface area contributed by atoms with Crippen LogP contribution < -0.4 is 4.90 Å². The van der Waals surface area contributed by atoms with Gasteiger partial charge in [0.1, 0.15) is 0 Å². The molecule has 0 radical (unpaired) electrons. The first kappa shape index (κ1) is 23.1. The first-order valence-corrected chi connectivity index (χ1v) is 12.1. The molecule has 1 aliphatic heterocycles. The molecule has 1 heterocycles. The van der Waals surface area contributed by atoms with Crippen LogP contribution in [0.25, 0.3) is 5.57 Å². The van der Waals surface area contributed by atoms with Gasteiger partial charge in [0.2, 0.25) is 0 Å². The second kappa shape index (κ2) is 9.42. The predicted molar refractivity (Wildman–Crippen MR) is 136 cm³/mol. The maximum atomic E-state index is 11.3. The lowest BCUT2D eigenvalue weighted by Crippen LogP contribution is -2.47. The lowest BCUT2D eigenvalue weighted by molar-refractivity contribution is 0.0696. The van der Waals surface area contributed by atoms with E-state index in [-0.39, 0.29) is 5.41 Å². The van der Waals surface area contributed by atoms with E-state index in [4.69, 9.17) is 11.6 Å². The Balaban J connectivity index is 1.46. The zero-order valence-corrected chi connectivity index (χ0v) is 20.8. The number of anilines is 1. The predicted octanol–water partition coefficient (Wildman–Crippen LogP) is 6.36. The second-order valence-electron chi connectivity index (χ2n) is 9.24. The molecule has 2 aromatic carbocycles. The van der Waals surface area contributed by atoms with Gasteiger partial charge in [-0.05, 0) is 74.8 Å². The summed E-state index contributed by atoms with van der Waals surface area (Å²) < 4.78 is 0.623. The molecule has 0 aromatic heterocycles. The summed E-state index contributed by atoms with van der Waals surface area (Å²) in [6.07, 6.45) is 5.66. The molecular weight excluding hydrogens is 488 g/mol. The molecule has 0 spiro atoms. The molecule has 0 bridgehead atoms. The Hall–Kier alpha value is -2.08. The van der Waals surface area contributed by atoms with Crippen molar-refractivity contribution in [2.24, 2.45) is 5.41 Å². The smallest absolute Gasteiger partial charge is 0.336 e. The van der Waals surface area contributed by atoms with Crippen LogP contribution in [0.4, 0.5) is 5.69 Å². The number of benzene rings is 2. The molecule has 4 rings (SSSR count). The fourth-order valence-corrected chi connectivity index (χ4v) is 5.08. The molecule has 6 heteroatoms. The molecule has 168 valence electrons. The van der Waals surface area contributed by atoms with Crippen molar-refractivity contribution in [2.75, 3.05) is 37.6 Å². The van der Waals surface area contributed by atoms with Crippen molar-refractivity contribution >= 4 is 44.8 Å². The lowest BCUT2D eigenvalue weighted by atomic mass is 9.77. The third-order valence-electron chi connectivity index (χ3n) is 6.26. The van der Waals surface area contributed by atoms with Gasteiger partial charge in [-0.25, -0.2) is 4.79 Å². The molecule has 2 aromatic rings. The van der Waals surface area contributed by atoms with Crippen molar-refractivity contribution in [3.05, 3.63) is 80.8 Å². The van der Waals surface area contributed by atoms with Crippen LogP contribution in [0.5, 0.6) is 0 Å². The lowest BCUT2D eigenvalue weighted by Gasteiger charge is -2.37. The highest BCUT2D eigenvalue weighted by Crippen LogP contribution is 2.39. The van der Waals surface area contributed by atoms with Crippen LogP contribution in [0.15, 0.2) is 64.7 Å². The maximum Gasteiger partial charge on any atom is 0.336 e. The highest BCUT2D eigenvalue weighted by atomic mass is 79.9. The highest BCUT2D eigenvalue weighted by molar-refractivity contribution is 9.10. The summed E-state index contributed by atoms with van der Waals surface area (Å²) in [6.45, 7) is 9.25. The van der Waals surface area contributed by atoms with E-state index in [9.17, 15) is 9.90 Å². The van der Waals surface area contributed by atoms with Gasteiger partial charge in [-0.15, -0.1) is 0 Å². The Morgan fingerprint density at radius 3 is 2.41 bits per heavy atom. The summed E-state index contributed by atoms with van der Waals surface area (Å²) in [5, 5.41) is 10.0. The summed E-state index contributed by atoms with van der Waals surface area (Å²) in [5.41, 5.74) is 5.54. The van der Waals surface area contributed by atoms with Crippen LogP contribution in [0.3, 0.4) is 0 Å². The van der Waals surface area contributed by atoms with Crippen LogP contribution in [-0.4, -0.2) is 48.7 Å². The third-order valence-corrected chi connectivity index (χ3v) is 7.17. The number of hydrogen-bond acceptors (Lipinski definition) is 3. The molecule has 0 atom stereocenters. The Morgan fingerprint density at radius 2 is 1.78 bits per heavy atom. The van der Waals surface area contributed by atoms with Crippen molar-refractivity contribution in [3.63, 3.8) is 0 Å². The van der Waals surface area contributed by atoms with E-state index >= 15 is 0 Å². The van der Waals surface area contributed by atoms with Gasteiger partial charge in [0.15, 0.2) is 0 Å². The van der Waals surface area contributed by atoms with Crippen molar-refractivity contribution in [1.29, 1.82) is 0 Å². The number of aromatic carboxylic acids is 1. The van der Waals surface area contributed by atoms with Gasteiger partial charge >= 0.3 is 5.97 Å². The third kappa shape index (κ3) is 5.28. The number of piperazine rings is 1. The van der Waals surface area contributed by atoms with Crippen LogP contribution in [0, 0.1) is 5.41 Å². The van der Waals surface area contributed by atoms with Crippen molar-refractivity contribution < 1.29 is 9.90 Å². The van der Waals surface area contributed by atoms with E-state index in [0.29, 0.717) is 10.0 Å². The fraction of sp³-hybridized carbons (Fsp3) is 0.346. The van der Waals surface area contributed by atoms with E-state index in [1.807, 2.05) is 24.3 Å². The summed E-state index contributed by atoms with van der Waals surface area (Å²) in [7, 11) is 0. The van der Waals surface area contributed by atoms with E-state index < -0.39 is 5.97 Å². The van der Waals surface area contributed by atoms with Gasteiger partial charge in [0.05, 0.1) is 5.56 Å². The summed E-state index contributed by atoms with van der Waals surface area (Å²) in [5.74, 6) is -0.915. The van der Waals surface area contributed by atoms with Crippen LogP contribution >= 0.6 is 27.5 Å². The number of carboxylic acids is 1. The monoisotopic (exact) mass is 514 g/mol. The summed E-state index contributed by atoms with van der Waals surface area (Å²) >= 11 is 9.52. The Morgan fingerprint density at radius 1 is 1.09 bits per heavy atom. The van der Waals surface area contributed by atoms with E-state index in [1.54, 1.807) is 6.07 Å². The molecule has 1 aliphatic carbocycles. The standard InChI is InChI=1S/C26H28BrClN2O2/c1-26(2)10-9-19(23(16-26)18-3-5-20(28)6-4-18)17-29-11-13-30(14-12-29)21-7-8-22(25(31)32)24(27)15-21/h3-10,15H,11-14,16-17H2,1-2H3,(H,31,32). The van der Waals surface area contributed by atoms with E-state index in [2.05, 4.69) is 63.9 Å². The minimum Gasteiger partial charge on any atom is -0.478 e.